The summed E-state index contributed by atoms with van der Waals surface area (Å²) in [5.74, 6) is 0.0828. The van der Waals surface area contributed by atoms with Crippen LogP contribution in [0.2, 0.25) is 0 Å². The molecule has 0 atom stereocenters. The number of carbonyl (C=O) groups excluding carboxylic acids is 1. The Morgan fingerprint density at radius 3 is 2.23 bits per heavy atom. The molecule has 0 aromatic heterocycles. The first-order valence-corrected chi connectivity index (χ1v) is 5.27. The van der Waals surface area contributed by atoms with E-state index in [2.05, 4.69) is 10.6 Å². The molecule has 0 bridgehead atoms. The van der Waals surface area contributed by atoms with Gasteiger partial charge in [0.15, 0.2) is 5.11 Å². The number of amides is 1. The van der Waals surface area contributed by atoms with Crippen LogP contribution in [0.25, 0.3) is 0 Å². The Labute approximate surface area is 83.3 Å². The molecule has 1 spiro atoms. The van der Waals surface area contributed by atoms with E-state index in [-0.39, 0.29) is 11.4 Å². The van der Waals surface area contributed by atoms with E-state index in [0.29, 0.717) is 5.11 Å². The molecule has 1 heterocycles. The van der Waals surface area contributed by atoms with Gasteiger partial charge in [0.25, 0.3) is 5.91 Å². The van der Waals surface area contributed by atoms with Crippen molar-refractivity contribution in [2.75, 3.05) is 0 Å². The van der Waals surface area contributed by atoms with E-state index in [0.717, 1.165) is 25.7 Å². The first-order chi connectivity index (χ1) is 6.23. The fourth-order valence-electron chi connectivity index (χ4n) is 2.21. The minimum atomic E-state index is -0.354. The van der Waals surface area contributed by atoms with Crippen LogP contribution >= 0.6 is 12.2 Å². The molecule has 1 aliphatic heterocycles. The summed E-state index contributed by atoms with van der Waals surface area (Å²) < 4.78 is 0. The maximum absolute atomic E-state index is 11.7. The van der Waals surface area contributed by atoms with Gasteiger partial charge < -0.3 is 10.6 Å². The highest BCUT2D eigenvalue weighted by Crippen LogP contribution is 2.29. The van der Waals surface area contributed by atoms with Gasteiger partial charge in [-0.05, 0) is 25.1 Å². The average Bonchev–Trinajstić information content (AvgIpc) is 2.29. The lowest BCUT2D eigenvalue weighted by Gasteiger charge is -2.24. The van der Waals surface area contributed by atoms with E-state index in [1.54, 1.807) is 0 Å². The normalized spacial score (nSPS) is 26.8. The second kappa shape index (κ2) is 3.25. The SMILES string of the molecule is O=C1NC(=S)NC12CCCCCC2. The van der Waals surface area contributed by atoms with E-state index in [4.69, 9.17) is 12.2 Å². The Bertz CT molecular complexity index is 244. The molecule has 1 saturated carbocycles. The fraction of sp³-hybridized carbons (Fsp3) is 0.778. The predicted octanol–water partition coefficient (Wildman–Crippen LogP) is 1.08. The van der Waals surface area contributed by atoms with Crippen LogP contribution in [0.3, 0.4) is 0 Å². The van der Waals surface area contributed by atoms with Gasteiger partial charge in [-0.15, -0.1) is 0 Å². The van der Waals surface area contributed by atoms with Crippen molar-refractivity contribution in [3.05, 3.63) is 0 Å². The second-order valence-electron chi connectivity index (χ2n) is 3.90. The molecule has 2 aliphatic rings. The maximum atomic E-state index is 11.7. The zero-order valence-electron chi connectivity index (χ0n) is 7.56. The lowest BCUT2D eigenvalue weighted by atomic mass is 9.91. The number of nitrogens with one attached hydrogen (secondary N) is 2. The molecule has 1 saturated heterocycles. The summed E-state index contributed by atoms with van der Waals surface area (Å²) in [6.07, 6.45) is 6.59. The van der Waals surface area contributed by atoms with Crippen LogP contribution in [-0.4, -0.2) is 16.6 Å². The third kappa shape index (κ3) is 1.55. The average molecular weight is 198 g/mol. The van der Waals surface area contributed by atoms with E-state index in [1.165, 1.54) is 12.8 Å². The van der Waals surface area contributed by atoms with Gasteiger partial charge in [-0.1, -0.05) is 25.7 Å². The van der Waals surface area contributed by atoms with Crippen molar-refractivity contribution in [3.8, 4) is 0 Å². The molecule has 0 aromatic rings. The number of hydrogen-bond donors (Lipinski definition) is 2. The lowest BCUT2D eigenvalue weighted by molar-refractivity contribution is -0.124. The largest absolute Gasteiger partial charge is 0.348 e. The minimum Gasteiger partial charge on any atom is -0.348 e. The van der Waals surface area contributed by atoms with Gasteiger partial charge in [-0.2, -0.15) is 0 Å². The van der Waals surface area contributed by atoms with Crippen molar-refractivity contribution in [1.29, 1.82) is 0 Å². The van der Waals surface area contributed by atoms with Crippen molar-refractivity contribution < 1.29 is 4.79 Å². The zero-order valence-corrected chi connectivity index (χ0v) is 8.38. The van der Waals surface area contributed by atoms with Gasteiger partial charge in [0.05, 0.1) is 0 Å². The zero-order chi connectivity index (χ0) is 9.31. The third-order valence-electron chi connectivity index (χ3n) is 2.97. The molecule has 0 radical (unpaired) electrons. The quantitative estimate of drug-likeness (QED) is 0.572. The third-order valence-corrected chi connectivity index (χ3v) is 3.18. The van der Waals surface area contributed by atoms with E-state index >= 15 is 0 Å². The first-order valence-electron chi connectivity index (χ1n) is 4.87. The monoisotopic (exact) mass is 198 g/mol. The molecule has 72 valence electrons. The van der Waals surface area contributed by atoms with Crippen molar-refractivity contribution in [2.45, 2.75) is 44.1 Å². The molecule has 2 N–H and O–H groups in total. The van der Waals surface area contributed by atoms with Gasteiger partial charge in [0.2, 0.25) is 0 Å². The molecule has 2 rings (SSSR count). The van der Waals surface area contributed by atoms with Gasteiger partial charge in [0, 0.05) is 0 Å². The molecule has 3 nitrogen and oxygen atoms in total. The summed E-state index contributed by atoms with van der Waals surface area (Å²) >= 11 is 4.95. The molecule has 13 heavy (non-hydrogen) atoms. The summed E-state index contributed by atoms with van der Waals surface area (Å²) in [5.41, 5.74) is -0.354. The van der Waals surface area contributed by atoms with Crippen LogP contribution < -0.4 is 10.6 Å². The van der Waals surface area contributed by atoms with Crippen LogP contribution in [0.4, 0.5) is 0 Å². The fourth-order valence-corrected chi connectivity index (χ4v) is 2.50. The Hall–Kier alpha value is -0.640. The standard InChI is InChI=1S/C9H14N2OS/c12-7-9(11-8(13)10-7)5-3-1-2-4-6-9/h1-6H2,(H2,10,11,12,13). The summed E-state index contributed by atoms with van der Waals surface area (Å²) in [6.45, 7) is 0. The Kier molecular flexibility index (Phi) is 2.24. The smallest absolute Gasteiger partial charge is 0.251 e. The molecule has 0 aromatic carbocycles. The second-order valence-corrected chi connectivity index (χ2v) is 4.31. The van der Waals surface area contributed by atoms with Crippen LogP contribution in [-0.2, 0) is 4.79 Å². The van der Waals surface area contributed by atoms with Gasteiger partial charge in [-0.25, -0.2) is 0 Å². The summed E-state index contributed by atoms with van der Waals surface area (Å²) in [7, 11) is 0. The van der Waals surface area contributed by atoms with E-state index < -0.39 is 0 Å². The Morgan fingerprint density at radius 1 is 1.15 bits per heavy atom. The highest BCUT2D eigenvalue weighted by Gasteiger charge is 2.43. The predicted molar refractivity (Wildman–Crippen MR) is 54.3 cm³/mol. The number of hydrogen-bond acceptors (Lipinski definition) is 2. The molecule has 1 amide bonds. The van der Waals surface area contributed by atoms with Crippen LogP contribution in [0.15, 0.2) is 0 Å². The summed E-state index contributed by atoms with van der Waals surface area (Å²) in [5, 5.41) is 6.32. The van der Waals surface area contributed by atoms with Crippen molar-refractivity contribution in [1.82, 2.24) is 10.6 Å². The number of thiocarbonyl (C=S) groups is 1. The number of carbonyl (C=O) groups is 1. The Balaban J connectivity index is 2.17. The first kappa shape index (κ1) is 8.94. The highest BCUT2D eigenvalue weighted by molar-refractivity contribution is 7.80. The lowest BCUT2D eigenvalue weighted by Crippen LogP contribution is -2.46. The highest BCUT2D eigenvalue weighted by atomic mass is 32.1. The minimum absolute atomic E-state index is 0.0828. The van der Waals surface area contributed by atoms with E-state index in [1.807, 2.05) is 0 Å². The topological polar surface area (TPSA) is 41.1 Å². The Morgan fingerprint density at radius 2 is 1.77 bits per heavy atom. The maximum Gasteiger partial charge on any atom is 0.251 e. The van der Waals surface area contributed by atoms with Gasteiger partial charge in [0.1, 0.15) is 5.54 Å². The van der Waals surface area contributed by atoms with Crippen LogP contribution in [0, 0.1) is 0 Å². The molecular weight excluding hydrogens is 184 g/mol. The van der Waals surface area contributed by atoms with Crippen molar-refractivity contribution in [2.24, 2.45) is 0 Å². The molecular formula is C9H14N2OS. The van der Waals surface area contributed by atoms with E-state index in [9.17, 15) is 4.79 Å². The van der Waals surface area contributed by atoms with Gasteiger partial charge in [-0.3, -0.25) is 4.79 Å². The molecule has 4 heteroatoms. The molecule has 0 unspecified atom stereocenters. The summed E-state index contributed by atoms with van der Waals surface area (Å²) in [4.78, 5) is 11.7. The van der Waals surface area contributed by atoms with Crippen LogP contribution in [0.5, 0.6) is 0 Å². The van der Waals surface area contributed by atoms with Crippen molar-refractivity contribution >= 4 is 23.2 Å². The molecule has 2 fully saturated rings. The van der Waals surface area contributed by atoms with Crippen molar-refractivity contribution in [3.63, 3.8) is 0 Å². The van der Waals surface area contributed by atoms with Gasteiger partial charge >= 0.3 is 0 Å². The number of rotatable bonds is 0. The molecule has 1 aliphatic carbocycles. The van der Waals surface area contributed by atoms with Crippen LogP contribution in [0.1, 0.15) is 38.5 Å². The summed E-state index contributed by atoms with van der Waals surface area (Å²) in [6, 6.07) is 0.